The van der Waals surface area contributed by atoms with Gasteiger partial charge in [0.05, 0.1) is 4.90 Å². The monoisotopic (exact) mass is 401 g/mol. The van der Waals surface area contributed by atoms with Gasteiger partial charge in [0.15, 0.2) is 0 Å². The molecule has 5 nitrogen and oxygen atoms in total. The molecular formula is C18H22F3N3O2S. The van der Waals surface area contributed by atoms with Crippen molar-refractivity contribution in [2.24, 2.45) is 0 Å². The minimum absolute atomic E-state index is 0.117. The number of aryl methyl sites for hydroxylation is 3. The highest BCUT2D eigenvalue weighted by atomic mass is 32.2. The van der Waals surface area contributed by atoms with Crippen molar-refractivity contribution < 1.29 is 21.6 Å². The molecule has 0 aliphatic heterocycles. The third-order valence-electron chi connectivity index (χ3n) is 4.13. The van der Waals surface area contributed by atoms with Gasteiger partial charge in [-0.3, -0.25) is 4.98 Å². The summed E-state index contributed by atoms with van der Waals surface area (Å²) < 4.78 is 67.9. The Morgan fingerprint density at radius 1 is 1.11 bits per heavy atom. The number of hydrogen-bond acceptors (Lipinski definition) is 4. The zero-order chi connectivity index (χ0) is 20.4. The molecule has 0 saturated carbocycles. The van der Waals surface area contributed by atoms with Crippen molar-refractivity contribution in [3.8, 4) is 0 Å². The van der Waals surface area contributed by atoms with E-state index in [0.29, 0.717) is 16.8 Å². The summed E-state index contributed by atoms with van der Waals surface area (Å²) >= 11 is 0. The molecule has 148 valence electrons. The van der Waals surface area contributed by atoms with Crippen LogP contribution in [0.3, 0.4) is 0 Å². The van der Waals surface area contributed by atoms with Crippen molar-refractivity contribution in [3.63, 3.8) is 0 Å². The SMILES string of the molecule is Cc1cc(C)c(S(=O)(=O)NC(CN(C)c2ccncc2)C(F)(F)F)c(C)c1. The van der Waals surface area contributed by atoms with Crippen molar-refractivity contribution in [1.82, 2.24) is 9.71 Å². The van der Waals surface area contributed by atoms with E-state index in [0.717, 1.165) is 5.56 Å². The molecule has 0 saturated heterocycles. The first-order valence-electron chi connectivity index (χ1n) is 8.20. The Labute approximate surface area is 157 Å². The maximum Gasteiger partial charge on any atom is 0.406 e. The Morgan fingerprint density at radius 3 is 2.11 bits per heavy atom. The number of halogens is 3. The molecule has 0 aliphatic rings. The standard InChI is InChI=1S/C18H22F3N3O2S/c1-12-9-13(2)17(14(3)10-12)27(25,26)23-16(18(19,20)21)11-24(4)15-5-7-22-8-6-15/h5-10,16,23H,11H2,1-4H3. The summed E-state index contributed by atoms with van der Waals surface area (Å²) in [6, 6.07) is 4.10. The maximum atomic E-state index is 13.5. The molecular weight excluding hydrogens is 379 g/mol. The molecule has 0 spiro atoms. The Hall–Kier alpha value is -2.13. The number of hydrogen-bond donors (Lipinski definition) is 1. The van der Waals surface area contributed by atoms with Crippen LogP contribution >= 0.6 is 0 Å². The van der Waals surface area contributed by atoms with E-state index >= 15 is 0 Å². The fourth-order valence-electron chi connectivity index (χ4n) is 3.02. The van der Waals surface area contributed by atoms with Gasteiger partial charge < -0.3 is 4.90 Å². The van der Waals surface area contributed by atoms with Gasteiger partial charge in [-0.25, -0.2) is 8.42 Å². The lowest BCUT2D eigenvalue weighted by Gasteiger charge is -2.28. The quantitative estimate of drug-likeness (QED) is 0.806. The van der Waals surface area contributed by atoms with Crippen LogP contribution in [-0.4, -0.2) is 39.2 Å². The summed E-state index contributed by atoms with van der Waals surface area (Å²) in [5.41, 5.74) is 2.15. The molecule has 27 heavy (non-hydrogen) atoms. The van der Waals surface area contributed by atoms with Crippen LogP contribution in [0.1, 0.15) is 16.7 Å². The van der Waals surface area contributed by atoms with Gasteiger partial charge in [0.1, 0.15) is 6.04 Å². The smallest absolute Gasteiger partial charge is 0.373 e. The number of pyridine rings is 1. The van der Waals surface area contributed by atoms with E-state index < -0.39 is 28.8 Å². The van der Waals surface area contributed by atoms with Crippen LogP contribution < -0.4 is 9.62 Å². The summed E-state index contributed by atoms with van der Waals surface area (Å²) in [7, 11) is -2.89. The molecule has 1 heterocycles. The second-order valence-electron chi connectivity index (χ2n) is 6.53. The van der Waals surface area contributed by atoms with E-state index in [9.17, 15) is 21.6 Å². The zero-order valence-corrected chi connectivity index (χ0v) is 16.3. The fraction of sp³-hybridized carbons (Fsp3) is 0.389. The number of aromatic nitrogens is 1. The molecule has 0 aliphatic carbocycles. The molecule has 1 atom stereocenters. The first-order chi connectivity index (χ1) is 12.4. The summed E-state index contributed by atoms with van der Waals surface area (Å²) in [5, 5.41) is 0. The van der Waals surface area contributed by atoms with Crippen LogP contribution in [0.15, 0.2) is 41.6 Å². The number of alkyl halides is 3. The molecule has 0 amide bonds. The van der Waals surface area contributed by atoms with Gasteiger partial charge in [-0.15, -0.1) is 0 Å². The van der Waals surface area contributed by atoms with Crippen LogP contribution in [0, 0.1) is 20.8 Å². The van der Waals surface area contributed by atoms with Crippen molar-refractivity contribution in [1.29, 1.82) is 0 Å². The summed E-state index contributed by atoms with van der Waals surface area (Å²) in [5.74, 6) is 0. The molecule has 2 aromatic rings. The van der Waals surface area contributed by atoms with Crippen molar-refractivity contribution in [2.45, 2.75) is 37.9 Å². The minimum Gasteiger partial charge on any atom is -0.373 e. The largest absolute Gasteiger partial charge is 0.406 e. The number of anilines is 1. The molecule has 0 radical (unpaired) electrons. The number of likely N-dealkylation sites (N-methyl/N-ethyl adjacent to an activating group) is 1. The number of sulfonamides is 1. The van der Waals surface area contributed by atoms with Gasteiger partial charge in [-0.2, -0.15) is 17.9 Å². The molecule has 1 N–H and O–H groups in total. The van der Waals surface area contributed by atoms with Crippen molar-refractivity contribution in [2.75, 3.05) is 18.5 Å². The summed E-state index contributed by atoms with van der Waals surface area (Å²) in [6.07, 6.45) is -1.84. The average molecular weight is 401 g/mol. The molecule has 0 bridgehead atoms. The van der Waals surface area contributed by atoms with E-state index in [1.165, 1.54) is 24.3 Å². The Kier molecular flexibility index (Phi) is 6.16. The number of nitrogens with one attached hydrogen (secondary N) is 1. The first kappa shape index (κ1) is 21.2. The van der Waals surface area contributed by atoms with Gasteiger partial charge in [-0.05, 0) is 44.0 Å². The lowest BCUT2D eigenvalue weighted by molar-refractivity contribution is -0.148. The van der Waals surface area contributed by atoms with Crippen molar-refractivity contribution in [3.05, 3.63) is 53.3 Å². The average Bonchev–Trinajstić information content (AvgIpc) is 2.52. The van der Waals surface area contributed by atoms with E-state index in [4.69, 9.17) is 0 Å². The fourth-order valence-corrected chi connectivity index (χ4v) is 4.69. The van der Waals surface area contributed by atoms with Gasteiger partial charge in [-0.1, -0.05) is 17.7 Å². The van der Waals surface area contributed by atoms with Gasteiger partial charge >= 0.3 is 6.18 Å². The van der Waals surface area contributed by atoms with Gasteiger partial charge in [0.25, 0.3) is 0 Å². The topological polar surface area (TPSA) is 62.3 Å². The lowest BCUT2D eigenvalue weighted by atomic mass is 10.1. The normalized spacial score (nSPS) is 13.4. The minimum atomic E-state index is -4.75. The van der Waals surface area contributed by atoms with E-state index in [2.05, 4.69) is 4.98 Å². The predicted octanol–water partition coefficient (Wildman–Crippen LogP) is 3.35. The van der Waals surface area contributed by atoms with Gasteiger partial charge in [0.2, 0.25) is 10.0 Å². The third kappa shape index (κ3) is 5.20. The molecule has 1 aromatic carbocycles. The van der Waals surface area contributed by atoms with Crippen LogP contribution in [0.2, 0.25) is 0 Å². The zero-order valence-electron chi connectivity index (χ0n) is 15.5. The Morgan fingerprint density at radius 2 is 1.63 bits per heavy atom. The predicted molar refractivity (Wildman–Crippen MR) is 98.3 cm³/mol. The maximum absolute atomic E-state index is 13.5. The van der Waals surface area contributed by atoms with E-state index in [1.54, 1.807) is 45.0 Å². The van der Waals surface area contributed by atoms with Crippen molar-refractivity contribution >= 4 is 15.7 Å². The molecule has 1 unspecified atom stereocenters. The lowest BCUT2D eigenvalue weighted by Crippen LogP contribution is -2.51. The number of benzene rings is 1. The first-order valence-corrected chi connectivity index (χ1v) is 9.68. The Bertz CT molecular complexity index is 877. The summed E-state index contributed by atoms with van der Waals surface area (Å²) in [4.78, 5) is 5.03. The van der Waals surface area contributed by atoms with E-state index in [1.807, 2.05) is 4.72 Å². The summed E-state index contributed by atoms with van der Waals surface area (Å²) in [6.45, 7) is 4.36. The van der Waals surface area contributed by atoms with Gasteiger partial charge in [0, 0.05) is 31.7 Å². The number of nitrogens with zero attached hydrogens (tertiary/aromatic N) is 2. The van der Waals surface area contributed by atoms with Crippen LogP contribution in [-0.2, 0) is 10.0 Å². The molecule has 0 fully saturated rings. The second kappa shape index (κ2) is 7.85. The van der Waals surface area contributed by atoms with Crippen LogP contribution in [0.5, 0.6) is 0 Å². The second-order valence-corrected chi connectivity index (χ2v) is 8.18. The van der Waals surface area contributed by atoms with Crippen LogP contribution in [0.25, 0.3) is 0 Å². The molecule has 9 heteroatoms. The highest BCUT2D eigenvalue weighted by molar-refractivity contribution is 7.89. The highest BCUT2D eigenvalue weighted by Gasteiger charge is 2.43. The highest BCUT2D eigenvalue weighted by Crippen LogP contribution is 2.27. The molecule has 2 rings (SSSR count). The van der Waals surface area contributed by atoms with Crippen LogP contribution in [0.4, 0.5) is 18.9 Å². The Balaban J connectivity index is 2.34. The van der Waals surface area contributed by atoms with E-state index in [-0.39, 0.29) is 4.90 Å². The molecule has 1 aromatic heterocycles. The number of rotatable bonds is 6. The third-order valence-corrected chi connectivity index (χ3v) is 5.90.